The first-order valence-electron chi connectivity index (χ1n) is 9.66. The molecule has 0 aromatic heterocycles. The molecule has 3 aromatic carbocycles. The van der Waals surface area contributed by atoms with Gasteiger partial charge >= 0.3 is 0 Å². The fraction of sp³-hybridized carbons (Fsp3) is 0.250. The third kappa shape index (κ3) is 7.33. The zero-order valence-electron chi connectivity index (χ0n) is 16.1. The summed E-state index contributed by atoms with van der Waals surface area (Å²) in [4.78, 5) is 2.30. The molecule has 0 aliphatic rings. The van der Waals surface area contributed by atoms with Crippen molar-refractivity contribution < 1.29 is 14.2 Å². The molecule has 0 radical (unpaired) electrons. The Bertz CT molecular complexity index is 657. The predicted molar refractivity (Wildman–Crippen MR) is 112 cm³/mol. The molecule has 146 valence electrons. The van der Waals surface area contributed by atoms with E-state index in [0.717, 1.165) is 36.9 Å². The zero-order chi connectivity index (χ0) is 19.3. The first-order valence-corrected chi connectivity index (χ1v) is 9.66. The highest BCUT2D eigenvalue weighted by molar-refractivity contribution is 5.22. The van der Waals surface area contributed by atoms with Crippen molar-refractivity contribution in [2.75, 3.05) is 39.5 Å². The number of nitrogens with zero attached hydrogens (tertiary/aromatic N) is 1. The Balaban J connectivity index is 1.44. The van der Waals surface area contributed by atoms with Gasteiger partial charge in [-0.15, -0.1) is 0 Å². The van der Waals surface area contributed by atoms with E-state index in [-0.39, 0.29) is 0 Å². The largest absolute Gasteiger partial charge is 0.492 e. The normalized spacial score (nSPS) is 10.6. The van der Waals surface area contributed by atoms with Crippen molar-refractivity contribution in [3.05, 3.63) is 91.0 Å². The molecular formula is C24H27NO3. The Morgan fingerprint density at radius 2 is 0.714 bits per heavy atom. The Kier molecular flexibility index (Phi) is 8.24. The molecule has 0 N–H and O–H groups in total. The lowest BCUT2D eigenvalue weighted by molar-refractivity contribution is 0.153. The molecule has 0 bridgehead atoms. The maximum atomic E-state index is 5.84. The number of rotatable bonds is 12. The minimum atomic E-state index is 0.626. The van der Waals surface area contributed by atoms with E-state index in [0.29, 0.717) is 19.8 Å². The van der Waals surface area contributed by atoms with E-state index in [1.165, 1.54) is 0 Å². The van der Waals surface area contributed by atoms with Crippen LogP contribution in [0.15, 0.2) is 91.0 Å². The molecule has 0 aliphatic heterocycles. The first kappa shape index (κ1) is 19.8. The van der Waals surface area contributed by atoms with Crippen molar-refractivity contribution in [1.82, 2.24) is 4.90 Å². The summed E-state index contributed by atoms with van der Waals surface area (Å²) in [6, 6.07) is 29.7. The SMILES string of the molecule is c1ccc(OCCN(CCOc2ccccc2)CCOc2ccccc2)cc1. The minimum absolute atomic E-state index is 0.626. The highest BCUT2D eigenvalue weighted by Gasteiger charge is 2.07. The fourth-order valence-electron chi connectivity index (χ4n) is 2.76. The topological polar surface area (TPSA) is 30.9 Å². The monoisotopic (exact) mass is 377 g/mol. The van der Waals surface area contributed by atoms with Crippen LogP contribution in [0.2, 0.25) is 0 Å². The molecule has 4 heteroatoms. The van der Waals surface area contributed by atoms with Gasteiger partial charge in [-0.3, -0.25) is 4.90 Å². The van der Waals surface area contributed by atoms with Crippen LogP contribution in [0.25, 0.3) is 0 Å². The highest BCUT2D eigenvalue weighted by Crippen LogP contribution is 2.10. The van der Waals surface area contributed by atoms with Crippen molar-refractivity contribution >= 4 is 0 Å². The van der Waals surface area contributed by atoms with E-state index < -0.39 is 0 Å². The van der Waals surface area contributed by atoms with Crippen LogP contribution in [0, 0.1) is 0 Å². The van der Waals surface area contributed by atoms with Crippen molar-refractivity contribution in [1.29, 1.82) is 0 Å². The second-order valence-electron chi connectivity index (χ2n) is 6.33. The average Bonchev–Trinajstić information content (AvgIpc) is 2.76. The van der Waals surface area contributed by atoms with Gasteiger partial charge in [0.15, 0.2) is 0 Å². The minimum Gasteiger partial charge on any atom is -0.492 e. The van der Waals surface area contributed by atoms with Crippen molar-refractivity contribution in [2.45, 2.75) is 0 Å². The van der Waals surface area contributed by atoms with Crippen LogP contribution < -0.4 is 14.2 Å². The summed E-state index contributed by atoms with van der Waals surface area (Å²) in [5, 5.41) is 0. The van der Waals surface area contributed by atoms with Crippen LogP contribution in [0.1, 0.15) is 0 Å². The fourth-order valence-corrected chi connectivity index (χ4v) is 2.76. The van der Waals surface area contributed by atoms with Gasteiger partial charge < -0.3 is 14.2 Å². The number of para-hydroxylation sites is 3. The number of hydrogen-bond acceptors (Lipinski definition) is 4. The molecule has 0 saturated carbocycles. The van der Waals surface area contributed by atoms with Gasteiger partial charge in [0.25, 0.3) is 0 Å². The summed E-state index contributed by atoms with van der Waals surface area (Å²) < 4.78 is 17.5. The smallest absolute Gasteiger partial charge is 0.119 e. The summed E-state index contributed by atoms with van der Waals surface area (Å²) in [5.41, 5.74) is 0. The standard InChI is InChI=1S/C24H27NO3/c1-4-10-22(11-5-1)26-19-16-25(17-20-27-23-12-6-2-7-13-23)18-21-28-24-14-8-3-9-15-24/h1-15H,16-21H2. The highest BCUT2D eigenvalue weighted by atomic mass is 16.5. The molecule has 0 spiro atoms. The summed E-state index contributed by atoms with van der Waals surface area (Å²) >= 11 is 0. The lowest BCUT2D eigenvalue weighted by atomic mass is 10.3. The molecule has 4 nitrogen and oxygen atoms in total. The van der Waals surface area contributed by atoms with Gasteiger partial charge in [-0.05, 0) is 36.4 Å². The molecule has 3 aromatic rings. The third-order valence-electron chi connectivity index (χ3n) is 4.26. The summed E-state index contributed by atoms with van der Waals surface area (Å²) in [7, 11) is 0. The Morgan fingerprint density at radius 1 is 0.429 bits per heavy atom. The van der Waals surface area contributed by atoms with Crippen LogP contribution in [0.4, 0.5) is 0 Å². The number of ether oxygens (including phenoxy) is 3. The first-order chi connectivity index (χ1) is 13.9. The Hall–Kier alpha value is -2.98. The average molecular weight is 377 g/mol. The van der Waals surface area contributed by atoms with E-state index in [2.05, 4.69) is 4.90 Å². The lowest BCUT2D eigenvalue weighted by Gasteiger charge is -2.22. The molecule has 0 amide bonds. The molecule has 0 unspecified atom stereocenters. The lowest BCUT2D eigenvalue weighted by Crippen LogP contribution is -2.35. The maximum Gasteiger partial charge on any atom is 0.119 e. The predicted octanol–water partition coefficient (Wildman–Crippen LogP) is 4.53. The molecule has 0 atom stereocenters. The third-order valence-corrected chi connectivity index (χ3v) is 4.26. The van der Waals surface area contributed by atoms with E-state index >= 15 is 0 Å². The maximum absolute atomic E-state index is 5.84. The molecule has 0 aliphatic carbocycles. The van der Waals surface area contributed by atoms with Crippen LogP contribution >= 0.6 is 0 Å². The van der Waals surface area contributed by atoms with Crippen molar-refractivity contribution in [2.24, 2.45) is 0 Å². The van der Waals surface area contributed by atoms with Gasteiger partial charge in [-0.2, -0.15) is 0 Å². The van der Waals surface area contributed by atoms with Gasteiger partial charge in [0.05, 0.1) is 0 Å². The molecular weight excluding hydrogens is 350 g/mol. The zero-order valence-corrected chi connectivity index (χ0v) is 16.1. The summed E-state index contributed by atoms with van der Waals surface area (Å²) in [6.45, 7) is 4.31. The summed E-state index contributed by atoms with van der Waals surface area (Å²) in [6.07, 6.45) is 0. The van der Waals surface area contributed by atoms with Crippen molar-refractivity contribution in [3.63, 3.8) is 0 Å². The second-order valence-corrected chi connectivity index (χ2v) is 6.33. The van der Waals surface area contributed by atoms with Gasteiger partial charge in [-0.1, -0.05) is 54.6 Å². The number of benzene rings is 3. The van der Waals surface area contributed by atoms with Crippen molar-refractivity contribution in [3.8, 4) is 17.2 Å². The molecule has 0 fully saturated rings. The summed E-state index contributed by atoms with van der Waals surface area (Å²) in [5.74, 6) is 2.68. The Morgan fingerprint density at radius 3 is 1.00 bits per heavy atom. The van der Waals surface area contributed by atoms with E-state index in [4.69, 9.17) is 14.2 Å². The molecule has 0 saturated heterocycles. The van der Waals surface area contributed by atoms with Gasteiger partial charge in [0, 0.05) is 19.6 Å². The van der Waals surface area contributed by atoms with Gasteiger partial charge in [0.1, 0.15) is 37.1 Å². The van der Waals surface area contributed by atoms with Crippen LogP contribution in [0.5, 0.6) is 17.2 Å². The number of hydrogen-bond donors (Lipinski definition) is 0. The van der Waals surface area contributed by atoms with Crippen LogP contribution in [0.3, 0.4) is 0 Å². The van der Waals surface area contributed by atoms with E-state index in [1.807, 2.05) is 91.0 Å². The quantitative estimate of drug-likeness (QED) is 0.464. The second kappa shape index (κ2) is 11.7. The van der Waals surface area contributed by atoms with Crippen LogP contribution in [-0.4, -0.2) is 44.4 Å². The van der Waals surface area contributed by atoms with Gasteiger partial charge in [-0.25, -0.2) is 0 Å². The van der Waals surface area contributed by atoms with E-state index in [1.54, 1.807) is 0 Å². The van der Waals surface area contributed by atoms with E-state index in [9.17, 15) is 0 Å². The molecule has 0 heterocycles. The van der Waals surface area contributed by atoms with Crippen LogP contribution in [-0.2, 0) is 0 Å². The molecule has 3 rings (SSSR count). The molecule has 28 heavy (non-hydrogen) atoms. The Labute approximate surface area is 167 Å². The van der Waals surface area contributed by atoms with Gasteiger partial charge in [0.2, 0.25) is 0 Å².